The van der Waals surface area contributed by atoms with Crippen LogP contribution in [0.3, 0.4) is 0 Å². The van der Waals surface area contributed by atoms with Gasteiger partial charge in [-0.2, -0.15) is 10.5 Å². The summed E-state index contributed by atoms with van der Waals surface area (Å²) in [7, 11) is -0.973. The molecule has 0 bridgehead atoms. The lowest BCUT2D eigenvalue weighted by Gasteiger charge is -2.21. The van der Waals surface area contributed by atoms with Crippen LogP contribution in [0.25, 0.3) is 0 Å². The summed E-state index contributed by atoms with van der Waals surface area (Å²) in [4.78, 5) is 3.25. The maximum absolute atomic E-state index is 11.5. The number of rotatable bonds is 7. The fourth-order valence-electron chi connectivity index (χ4n) is 3.83. The summed E-state index contributed by atoms with van der Waals surface area (Å²) in [5, 5.41) is 18.3. The van der Waals surface area contributed by atoms with Gasteiger partial charge in [0, 0.05) is 47.0 Å². The van der Waals surface area contributed by atoms with E-state index in [1.54, 1.807) is 12.3 Å². The second-order valence-corrected chi connectivity index (χ2v) is 8.95. The van der Waals surface area contributed by atoms with E-state index in [-0.39, 0.29) is 0 Å². The van der Waals surface area contributed by atoms with Crippen molar-refractivity contribution in [1.82, 2.24) is 4.90 Å². The van der Waals surface area contributed by atoms with E-state index >= 15 is 0 Å². The summed E-state index contributed by atoms with van der Waals surface area (Å²) in [6.45, 7) is 4.77. The van der Waals surface area contributed by atoms with Crippen LogP contribution in [0.15, 0.2) is 47.4 Å². The zero-order chi connectivity index (χ0) is 20.8. The molecule has 0 amide bonds. The van der Waals surface area contributed by atoms with Crippen LogP contribution in [0.1, 0.15) is 30.0 Å². The minimum absolute atomic E-state index is 0.463. The largest absolute Gasteiger partial charge is 0.493 e. The molecule has 0 aromatic heterocycles. The van der Waals surface area contributed by atoms with Crippen LogP contribution in [-0.2, 0) is 17.2 Å². The standard InChI is InChI=1S/C23H25N3O2S/c1-17-9-21(16-28-22-3-5-23(6-4-22)29(2)27)15-26(17)8-7-18-10-19(13-24)12-20(11-18)14-25/h3-6,10-12,17,21H,7-9,15-16H2,1-2H3. The van der Waals surface area contributed by atoms with Gasteiger partial charge in [-0.05, 0) is 67.8 Å². The highest BCUT2D eigenvalue weighted by Crippen LogP contribution is 2.25. The number of nitriles is 2. The van der Waals surface area contributed by atoms with E-state index in [1.165, 1.54) is 0 Å². The van der Waals surface area contributed by atoms with Crippen LogP contribution in [0.4, 0.5) is 0 Å². The van der Waals surface area contributed by atoms with Crippen molar-refractivity contribution in [3.63, 3.8) is 0 Å². The van der Waals surface area contributed by atoms with Crippen LogP contribution < -0.4 is 4.74 Å². The normalized spacial score (nSPS) is 20.0. The summed E-state index contributed by atoms with van der Waals surface area (Å²) in [5.74, 6) is 1.27. The van der Waals surface area contributed by atoms with E-state index in [0.29, 0.717) is 29.7 Å². The first kappa shape index (κ1) is 21.0. The van der Waals surface area contributed by atoms with E-state index in [2.05, 4.69) is 24.0 Å². The molecule has 1 aliphatic heterocycles. The summed E-state index contributed by atoms with van der Waals surface area (Å²) in [6, 6.07) is 17.5. The molecular formula is C23H25N3O2S. The van der Waals surface area contributed by atoms with Crippen LogP contribution in [0.2, 0.25) is 0 Å². The Hall–Kier alpha value is -2.67. The topological polar surface area (TPSA) is 77.1 Å². The lowest BCUT2D eigenvalue weighted by Crippen LogP contribution is -2.29. The third-order valence-corrected chi connectivity index (χ3v) is 6.31. The molecule has 0 spiro atoms. The molecule has 0 N–H and O–H groups in total. The lowest BCUT2D eigenvalue weighted by molar-refractivity contribution is 0.234. The van der Waals surface area contributed by atoms with Gasteiger partial charge in [0.1, 0.15) is 5.75 Å². The fraction of sp³-hybridized carbons (Fsp3) is 0.391. The average Bonchev–Trinajstić information content (AvgIpc) is 3.10. The zero-order valence-corrected chi connectivity index (χ0v) is 17.6. The Labute approximate surface area is 175 Å². The molecular weight excluding hydrogens is 382 g/mol. The van der Waals surface area contributed by atoms with Gasteiger partial charge in [-0.1, -0.05) is 0 Å². The molecule has 6 heteroatoms. The van der Waals surface area contributed by atoms with Gasteiger partial charge >= 0.3 is 0 Å². The van der Waals surface area contributed by atoms with Crippen LogP contribution in [0.5, 0.6) is 5.75 Å². The molecule has 0 radical (unpaired) electrons. The number of nitrogens with zero attached hydrogens (tertiary/aromatic N) is 3. The van der Waals surface area contributed by atoms with E-state index in [4.69, 9.17) is 15.3 Å². The second kappa shape index (κ2) is 9.69. The Morgan fingerprint density at radius 3 is 2.38 bits per heavy atom. The van der Waals surface area contributed by atoms with Crippen molar-refractivity contribution in [3.05, 3.63) is 59.2 Å². The minimum Gasteiger partial charge on any atom is -0.493 e. The fourth-order valence-corrected chi connectivity index (χ4v) is 4.35. The molecule has 150 valence electrons. The van der Waals surface area contributed by atoms with Gasteiger partial charge in [0.2, 0.25) is 0 Å². The van der Waals surface area contributed by atoms with Crippen molar-refractivity contribution < 1.29 is 8.95 Å². The maximum Gasteiger partial charge on any atom is 0.119 e. The Bertz CT molecular complexity index is 927. The minimum atomic E-state index is -0.973. The predicted molar refractivity (Wildman–Crippen MR) is 113 cm³/mol. The van der Waals surface area contributed by atoms with E-state index in [0.717, 1.165) is 42.1 Å². The van der Waals surface area contributed by atoms with Crippen LogP contribution >= 0.6 is 0 Å². The molecule has 29 heavy (non-hydrogen) atoms. The molecule has 0 saturated carbocycles. The van der Waals surface area contributed by atoms with Crippen molar-refractivity contribution in [1.29, 1.82) is 10.5 Å². The first-order chi connectivity index (χ1) is 14.0. The number of benzene rings is 2. The molecule has 0 aliphatic carbocycles. The van der Waals surface area contributed by atoms with Crippen molar-refractivity contribution in [2.24, 2.45) is 5.92 Å². The van der Waals surface area contributed by atoms with Gasteiger partial charge in [0.05, 0.1) is 29.9 Å². The number of likely N-dealkylation sites (tertiary alicyclic amines) is 1. The SMILES string of the molecule is CC1CC(COc2ccc(S(C)=O)cc2)CN1CCc1cc(C#N)cc(C#N)c1. The Morgan fingerprint density at radius 2 is 1.79 bits per heavy atom. The highest BCUT2D eigenvalue weighted by atomic mass is 32.2. The van der Waals surface area contributed by atoms with E-state index < -0.39 is 10.8 Å². The Kier molecular flexibility index (Phi) is 7.04. The first-order valence-corrected chi connectivity index (χ1v) is 11.3. The third-order valence-electron chi connectivity index (χ3n) is 5.37. The molecule has 5 nitrogen and oxygen atoms in total. The highest BCUT2D eigenvalue weighted by molar-refractivity contribution is 7.84. The number of ether oxygens (including phenoxy) is 1. The predicted octanol–water partition coefficient (Wildman–Crippen LogP) is 3.50. The quantitative estimate of drug-likeness (QED) is 0.702. The summed E-state index contributed by atoms with van der Waals surface area (Å²) in [6.07, 6.45) is 3.57. The molecule has 1 heterocycles. The maximum atomic E-state index is 11.5. The summed E-state index contributed by atoms with van der Waals surface area (Å²) in [5.41, 5.74) is 2.11. The molecule has 2 aromatic rings. The van der Waals surface area contributed by atoms with Crippen molar-refractivity contribution in [3.8, 4) is 17.9 Å². The van der Waals surface area contributed by atoms with Gasteiger partial charge < -0.3 is 4.74 Å². The monoisotopic (exact) mass is 407 g/mol. The van der Waals surface area contributed by atoms with Gasteiger partial charge in [0.25, 0.3) is 0 Å². The van der Waals surface area contributed by atoms with Gasteiger partial charge in [-0.3, -0.25) is 9.11 Å². The number of hydrogen-bond donors (Lipinski definition) is 0. The zero-order valence-electron chi connectivity index (χ0n) is 16.8. The molecule has 3 unspecified atom stereocenters. The molecule has 2 aromatic carbocycles. The third kappa shape index (κ3) is 5.67. The lowest BCUT2D eigenvalue weighted by atomic mass is 10.0. The van der Waals surface area contributed by atoms with Crippen molar-refractivity contribution in [2.45, 2.75) is 30.7 Å². The molecule has 1 aliphatic rings. The molecule has 3 rings (SSSR count). The molecule has 3 atom stereocenters. The van der Waals surface area contributed by atoms with Crippen LogP contribution in [0, 0.1) is 28.6 Å². The van der Waals surface area contributed by atoms with Gasteiger partial charge in [-0.15, -0.1) is 0 Å². The number of hydrogen-bond acceptors (Lipinski definition) is 5. The van der Waals surface area contributed by atoms with Gasteiger partial charge in [0.15, 0.2) is 0 Å². The van der Waals surface area contributed by atoms with Crippen molar-refractivity contribution >= 4 is 10.8 Å². The first-order valence-electron chi connectivity index (χ1n) is 9.73. The van der Waals surface area contributed by atoms with E-state index in [9.17, 15) is 4.21 Å². The smallest absolute Gasteiger partial charge is 0.119 e. The van der Waals surface area contributed by atoms with E-state index in [1.807, 2.05) is 36.4 Å². The Balaban J connectivity index is 1.51. The molecule has 1 saturated heterocycles. The summed E-state index contributed by atoms with van der Waals surface area (Å²) >= 11 is 0. The van der Waals surface area contributed by atoms with Crippen molar-refractivity contribution in [2.75, 3.05) is 26.0 Å². The molecule has 1 fully saturated rings. The van der Waals surface area contributed by atoms with Crippen LogP contribution in [-0.4, -0.2) is 41.1 Å². The average molecular weight is 408 g/mol. The highest BCUT2D eigenvalue weighted by Gasteiger charge is 2.29. The second-order valence-electron chi connectivity index (χ2n) is 7.57. The van der Waals surface area contributed by atoms with Gasteiger partial charge in [-0.25, -0.2) is 0 Å². The summed E-state index contributed by atoms with van der Waals surface area (Å²) < 4.78 is 17.4. The Morgan fingerprint density at radius 1 is 1.14 bits per heavy atom.